The zero-order valence-electron chi connectivity index (χ0n) is 19.9. The summed E-state index contributed by atoms with van der Waals surface area (Å²) in [5.74, 6) is 0.571. The lowest BCUT2D eigenvalue weighted by molar-refractivity contribution is 0.0234. The Morgan fingerprint density at radius 1 is 0.781 bits per heavy atom. The van der Waals surface area contributed by atoms with Gasteiger partial charge >= 0.3 is 0 Å². The number of methoxy groups -OCH3 is 1. The van der Waals surface area contributed by atoms with Crippen molar-refractivity contribution in [1.82, 2.24) is 4.90 Å². The van der Waals surface area contributed by atoms with Crippen LogP contribution in [0, 0.1) is 5.92 Å². The van der Waals surface area contributed by atoms with Gasteiger partial charge in [-0.1, -0.05) is 86.6 Å². The Labute approximate surface area is 194 Å². The average molecular weight is 428 g/mol. The fraction of sp³-hybridized carbons (Fsp3) is 0.400. The zero-order valence-corrected chi connectivity index (χ0v) is 19.9. The van der Waals surface area contributed by atoms with Crippen molar-refractivity contribution < 1.29 is 4.74 Å². The van der Waals surface area contributed by atoms with Gasteiger partial charge in [-0.3, -0.25) is 0 Å². The molecule has 0 spiro atoms. The summed E-state index contributed by atoms with van der Waals surface area (Å²) in [4.78, 5) is 2.63. The molecule has 1 aliphatic carbocycles. The molecule has 32 heavy (non-hydrogen) atoms. The molecular weight excluding hydrogens is 390 g/mol. The lowest BCUT2D eigenvalue weighted by atomic mass is 9.80. The van der Waals surface area contributed by atoms with Crippen molar-refractivity contribution in [3.05, 3.63) is 83.9 Å². The highest BCUT2D eigenvalue weighted by Gasteiger charge is 2.31. The fourth-order valence-corrected chi connectivity index (χ4v) is 5.28. The maximum atomic E-state index is 6.07. The Balaban J connectivity index is 1.53. The molecule has 0 bridgehead atoms. The van der Waals surface area contributed by atoms with E-state index in [4.69, 9.17) is 4.74 Å². The summed E-state index contributed by atoms with van der Waals surface area (Å²) in [6.07, 6.45) is 4.97. The molecule has 2 nitrogen and oxygen atoms in total. The number of hydrogen-bond donors (Lipinski definition) is 0. The summed E-state index contributed by atoms with van der Waals surface area (Å²) in [6, 6.07) is 26.5. The predicted octanol–water partition coefficient (Wildman–Crippen LogP) is 7.39. The Morgan fingerprint density at radius 3 is 2.00 bits per heavy atom. The minimum atomic E-state index is 0.199. The van der Waals surface area contributed by atoms with Crippen molar-refractivity contribution >= 4 is 0 Å². The zero-order chi connectivity index (χ0) is 22.3. The van der Waals surface area contributed by atoms with Gasteiger partial charge in [0.1, 0.15) is 0 Å². The monoisotopic (exact) mass is 427 g/mol. The van der Waals surface area contributed by atoms with Crippen molar-refractivity contribution in [1.29, 1.82) is 0 Å². The molecule has 0 saturated heterocycles. The summed E-state index contributed by atoms with van der Waals surface area (Å²) >= 11 is 0. The van der Waals surface area contributed by atoms with Crippen molar-refractivity contribution in [2.75, 3.05) is 26.7 Å². The van der Waals surface area contributed by atoms with Gasteiger partial charge in [-0.15, -0.1) is 0 Å². The van der Waals surface area contributed by atoms with Crippen molar-refractivity contribution in [3.8, 4) is 22.3 Å². The number of fused-ring (bicyclic) bond motifs is 1. The standard InChI is InChI=1S/C30H37NO/c1-4-19-31(20-5-2)22-28-16-15-27-21-26(17-18-29(27)30(28)32-3)25-13-11-24(12-14-25)23-9-7-6-8-10-23/h6-14,17-18,21,28,30H,4-5,15-16,19-20,22H2,1-3H3. The summed E-state index contributed by atoms with van der Waals surface area (Å²) < 4.78 is 6.07. The van der Waals surface area contributed by atoms with Gasteiger partial charge < -0.3 is 9.64 Å². The van der Waals surface area contributed by atoms with E-state index >= 15 is 0 Å². The lowest BCUT2D eigenvalue weighted by Crippen LogP contribution is -2.36. The molecule has 0 amide bonds. The third-order valence-corrected chi connectivity index (χ3v) is 6.81. The van der Waals surface area contributed by atoms with Crippen LogP contribution < -0.4 is 0 Å². The number of rotatable bonds is 9. The molecule has 0 saturated carbocycles. The van der Waals surface area contributed by atoms with E-state index in [0.29, 0.717) is 5.92 Å². The van der Waals surface area contributed by atoms with Gasteiger partial charge in [-0.2, -0.15) is 0 Å². The molecule has 4 rings (SSSR count). The highest BCUT2D eigenvalue weighted by molar-refractivity contribution is 5.71. The first-order valence-electron chi connectivity index (χ1n) is 12.3. The van der Waals surface area contributed by atoms with Crippen LogP contribution in [0.15, 0.2) is 72.8 Å². The van der Waals surface area contributed by atoms with E-state index in [-0.39, 0.29) is 6.10 Å². The molecule has 0 heterocycles. The average Bonchev–Trinajstić information content (AvgIpc) is 2.84. The van der Waals surface area contributed by atoms with E-state index in [9.17, 15) is 0 Å². The van der Waals surface area contributed by atoms with E-state index in [0.717, 1.165) is 13.0 Å². The number of hydrogen-bond acceptors (Lipinski definition) is 2. The largest absolute Gasteiger partial charge is 0.376 e. The van der Waals surface area contributed by atoms with Crippen LogP contribution in [0.3, 0.4) is 0 Å². The van der Waals surface area contributed by atoms with Crippen LogP contribution in [0.1, 0.15) is 50.3 Å². The van der Waals surface area contributed by atoms with E-state index < -0.39 is 0 Å². The maximum Gasteiger partial charge on any atom is 0.0864 e. The van der Waals surface area contributed by atoms with Crippen molar-refractivity contribution in [3.63, 3.8) is 0 Å². The molecule has 168 valence electrons. The molecule has 3 aromatic carbocycles. The Hall–Kier alpha value is -2.42. The molecule has 0 radical (unpaired) electrons. The summed E-state index contributed by atoms with van der Waals surface area (Å²) in [6.45, 7) is 8.07. The number of ether oxygens (including phenoxy) is 1. The van der Waals surface area contributed by atoms with E-state index in [1.165, 1.54) is 65.7 Å². The number of nitrogens with zero attached hydrogens (tertiary/aromatic N) is 1. The Bertz CT molecular complexity index is 973. The quantitative estimate of drug-likeness (QED) is 0.353. The Morgan fingerprint density at radius 2 is 1.38 bits per heavy atom. The first-order chi connectivity index (χ1) is 15.7. The molecule has 0 aliphatic heterocycles. The van der Waals surface area contributed by atoms with E-state index in [2.05, 4.69) is 91.5 Å². The molecule has 0 N–H and O–H groups in total. The van der Waals surface area contributed by atoms with Crippen LogP contribution in [-0.4, -0.2) is 31.6 Å². The second-order valence-corrected chi connectivity index (χ2v) is 9.11. The second kappa shape index (κ2) is 10.9. The summed E-state index contributed by atoms with van der Waals surface area (Å²) in [5, 5.41) is 0. The predicted molar refractivity (Wildman–Crippen MR) is 136 cm³/mol. The molecule has 2 unspecified atom stereocenters. The van der Waals surface area contributed by atoms with Crippen LogP contribution in [-0.2, 0) is 11.2 Å². The van der Waals surface area contributed by atoms with Crippen LogP contribution in [0.2, 0.25) is 0 Å². The Kier molecular flexibility index (Phi) is 7.78. The first kappa shape index (κ1) is 22.8. The summed E-state index contributed by atoms with van der Waals surface area (Å²) in [5.41, 5.74) is 7.95. The molecule has 1 aliphatic rings. The van der Waals surface area contributed by atoms with Crippen molar-refractivity contribution in [2.24, 2.45) is 5.92 Å². The third-order valence-electron chi connectivity index (χ3n) is 6.81. The third kappa shape index (κ3) is 5.14. The van der Waals surface area contributed by atoms with Gasteiger partial charge in [0.05, 0.1) is 6.10 Å². The van der Waals surface area contributed by atoms with Crippen LogP contribution in [0.25, 0.3) is 22.3 Å². The van der Waals surface area contributed by atoms with E-state index in [1.807, 2.05) is 7.11 Å². The van der Waals surface area contributed by atoms with Gasteiger partial charge in [-0.05, 0) is 72.2 Å². The van der Waals surface area contributed by atoms with Gasteiger partial charge in [0, 0.05) is 19.6 Å². The van der Waals surface area contributed by atoms with Crippen LogP contribution in [0.5, 0.6) is 0 Å². The first-order valence-corrected chi connectivity index (χ1v) is 12.3. The highest BCUT2D eigenvalue weighted by atomic mass is 16.5. The topological polar surface area (TPSA) is 12.5 Å². The smallest absolute Gasteiger partial charge is 0.0864 e. The van der Waals surface area contributed by atoms with Crippen molar-refractivity contribution in [2.45, 2.75) is 45.6 Å². The second-order valence-electron chi connectivity index (χ2n) is 9.11. The lowest BCUT2D eigenvalue weighted by Gasteiger charge is -2.36. The van der Waals surface area contributed by atoms with Crippen LogP contribution in [0.4, 0.5) is 0 Å². The normalized spacial score (nSPS) is 18.0. The maximum absolute atomic E-state index is 6.07. The minimum Gasteiger partial charge on any atom is -0.376 e. The van der Waals surface area contributed by atoms with Gasteiger partial charge in [0.2, 0.25) is 0 Å². The fourth-order valence-electron chi connectivity index (χ4n) is 5.28. The van der Waals surface area contributed by atoms with Gasteiger partial charge in [0.15, 0.2) is 0 Å². The SMILES string of the molecule is CCCN(CCC)CC1CCc2cc(-c3ccc(-c4ccccc4)cc3)ccc2C1OC. The van der Waals surface area contributed by atoms with Gasteiger partial charge in [0.25, 0.3) is 0 Å². The molecule has 2 atom stereocenters. The molecule has 2 heteroatoms. The van der Waals surface area contributed by atoms with E-state index in [1.54, 1.807) is 0 Å². The molecule has 3 aromatic rings. The molecule has 0 fully saturated rings. The minimum absolute atomic E-state index is 0.199. The highest BCUT2D eigenvalue weighted by Crippen LogP contribution is 2.39. The van der Waals surface area contributed by atoms with Gasteiger partial charge in [-0.25, -0.2) is 0 Å². The van der Waals surface area contributed by atoms with Crippen LogP contribution >= 0.6 is 0 Å². The molecular formula is C30H37NO. The summed E-state index contributed by atoms with van der Waals surface area (Å²) in [7, 11) is 1.88. The number of benzene rings is 3. The number of aryl methyl sites for hydroxylation is 1. The molecule has 0 aromatic heterocycles.